The highest BCUT2D eigenvalue weighted by molar-refractivity contribution is 5.77. The molecule has 0 spiro atoms. The predicted molar refractivity (Wildman–Crippen MR) is 83.4 cm³/mol. The molecule has 5 heteroatoms. The van der Waals surface area contributed by atoms with Crippen LogP contribution >= 0.6 is 0 Å². The third-order valence-corrected chi connectivity index (χ3v) is 6.14. The van der Waals surface area contributed by atoms with E-state index >= 15 is 0 Å². The van der Waals surface area contributed by atoms with Crippen molar-refractivity contribution in [3.8, 4) is 0 Å². The van der Waals surface area contributed by atoms with Gasteiger partial charge in [0.1, 0.15) is 5.60 Å². The van der Waals surface area contributed by atoms with E-state index in [1.54, 1.807) is 6.92 Å². The minimum atomic E-state index is -0.448. The van der Waals surface area contributed by atoms with Crippen LogP contribution < -0.4 is 0 Å². The quantitative estimate of drug-likeness (QED) is 0.760. The van der Waals surface area contributed by atoms with E-state index < -0.39 is 11.6 Å². The molecule has 3 unspecified atom stereocenters. The van der Waals surface area contributed by atoms with Gasteiger partial charge in [-0.05, 0) is 62.2 Å². The molecule has 5 nitrogen and oxygen atoms in total. The van der Waals surface area contributed by atoms with Gasteiger partial charge in [0, 0.05) is 6.61 Å². The highest BCUT2D eigenvalue weighted by atomic mass is 16.6. The van der Waals surface area contributed by atoms with E-state index in [4.69, 9.17) is 9.47 Å². The van der Waals surface area contributed by atoms with Gasteiger partial charge in [-0.1, -0.05) is 13.8 Å². The summed E-state index contributed by atoms with van der Waals surface area (Å²) in [6.45, 7) is 3.58. The van der Waals surface area contributed by atoms with Crippen molar-refractivity contribution in [1.82, 2.24) is 0 Å². The lowest BCUT2D eigenvalue weighted by molar-refractivity contribution is -0.210. The van der Waals surface area contributed by atoms with Crippen molar-refractivity contribution in [2.45, 2.75) is 64.4 Å². The Labute approximate surface area is 137 Å². The molecule has 0 aromatic carbocycles. The van der Waals surface area contributed by atoms with Crippen LogP contribution in [-0.2, 0) is 19.1 Å². The van der Waals surface area contributed by atoms with Gasteiger partial charge in [-0.3, -0.25) is 4.79 Å². The van der Waals surface area contributed by atoms with E-state index in [-0.39, 0.29) is 30.5 Å². The number of hydrogen-bond acceptors (Lipinski definition) is 5. The van der Waals surface area contributed by atoms with Crippen molar-refractivity contribution in [2.75, 3.05) is 13.2 Å². The standard InChI is InChI=1S/C18H28O5/c1-3-12(2)16(21)22-9-15(20)23-18-7-13-4-14(8-18)6-17(5-13,10-18)11-19/h12-14,19H,3-11H2,1-2H3. The molecule has 23 heavy (non-hydrogen) atoms. The normalized spacial score (nSPS) is 39.1. The summed E-state index contributed by atoms with van der Waals surface area (Å²) in [5, 5.41) is 9.83. The summed E-state index contributed by atoms with van der Waals surface area (Å²) >= 11 is 0. The van der Waals surface area contributed by atoms with E-state index in [1.807, 2.05) is 6.92 Å². The number of aliphatic hydroxyl groups is 1. The number of carbonyl (C=O) groups is 2. The van der Waals surface area contributed by atoms with Gasteiger partial charge in [0.2, 0.25) is 0 Å². The Morgan fingerprint density at radius 3 is 2.43 bits per heavy atom. The SMILES string of the molecule is CCC(C)C(=O)OCC(=O)OC12CC3CC(CC(CO)(C3)C1)C2. The molecule has 130 valence electrons. The maximum Gasteiger partial charge on any atom is 0.344 e. The Hall–Kier alpha value is -1.10. The molecule has 4 saturated carbocycles. The first-order chi connectivity index (χ1) is 10.9. The van der Waals surface area contributed by atoms with Gasteiger partial charge >= 0.3 is 11.9 Å². The number of carbonyl (C=O) groups excluding carboxylic acids is 2. The van der Waals surface area contributed by atoms with Crippen molar-refractivity contribution < 1.29 is 24.2 Å². The lowest BCUT2D eigenvalue weighted by Crippen LogP contribution is -2.58. The van der Waals surface area contributed by atoms with Gasteiger partial charge in [0.15, 0.2) is 6.61 Å². The first kappa shape index (κ1) is 16.7. The summed E-state index contributed by atoms with van der Waals surface area (Å²) in [5.74, 6) is 0.121. The molecule has 4 fully saturated rings. The van der Waals surface area contributed by atoms with Crippen molar-refractivity contribution in [3.05, 3.63) is 0 Å². The van der Waals surface area contributed by atoms with E-state index in [9.17, 15) is 14.7 Å². The number of rotatable bonds is 6. The number of ether oxygens (including phenoxy) is 2. The molecular weight excluding hydrogens is 296 g/mol. The molecule has 3 atom stereocenters. The smallest absolute Gasteiger partial charge is 0.344 e. The summed E-state index contributed by atoms with van der Waals surface area (Å²) < 4.78 is 10.9. The minimum Gasteiger partial charge on any atom is -0.457 e. The monoisotopic (exact) mass is 324 g/mol. The van der Waals surface area contributed by atoms with Crippen LogP contribution in [0.2, 0.25) is 0 Å². The molecule has 0 heterocycles. The highest BCUT2D eigenvalue weighted by Crippen LogP contribution is 2.62. The molecular formula is C18H28O5. The van der Waals surface area contributed by atoms with Crippen LogP contribution in [0, 0.1) is 23.2 Å². The number of esters is 2. The first-order valence-corrected chi connectivity index (χ1v) is 8.88. The molecule has 0 aromatic heterocycles. The van der Waals surface area contributed by atoms with Crippen molar-refractivity contribution in [1.29, 1.82) is 0 Å². The van der Waals surface area contributed by atoms with Gasteiger partial charge < -0.3 is 14.6 Å². The Bertz CT molecular complexity index is 472. The van der Waals surface area contributed by atoms with Crippen LogP contribution in [0.4, 0.5) is 0 Å². The molecule has 4 bridgehead atoms. The van der Waals surface area contributed by atoms with Crippen LogP contribution in [0.1, 0.15) is 58.8 Å². The van der Waals surface area contributed by atoms with Crippen LogP contribution in [0.5, 0.6) is 0 Å². The number of aliphatic hydroxyl groups excluding tert-OH is 1. The number of hydrogen-bond donors (Lipinski definition) is 1. The molecule has 0 aliphatic heterocycles. The Balaban J connectivity index is 1.59. The molecule has 0 aromatic rings. The summed E-state index contributed by atoms with van der Waals surface area (Å²) in [6, 6.07) is 0. The first-order valence-electron chi connectivity index (χ1n) is 8.88. The van der Waals surface area contributed by atoms with Gasteiger partial charge in [-0.15, -0.1) is 0 Å². The maximum atomic E-state index is 12.2. The molecule has 0 radical (unpaired) electrons. The second-order valence-corrected chi connectivity index (χ2v) is 8.19. The zero-order valence-electron chi connectivity index (χ0n) is 14.2. The topological polar surface area (TPSA) is 72.8 Å². The lowest BCUT2D eigenvalue weighted by atomic mass is 9.48. The second kappa shape index (κ2) is 6.08. The molecule has 4 aliphatic carbocycles. The van der Waals surface area contributed by atoms with Crippen molar-refractivity contribution in [2.24, 2.45) is 23.2 Å². The largest absolute Gasteiger partial charge is 0.457 e. The minimum absolute atomic E-state index is 0.0578. The Morgan fingerprint density at radius 2 is 1.87 bits per heavy atom. The highest BCUT2D eigenvalue weighted by Gasteiger charge is 2.59. The molecule has 4 rings (SSSR count). The van der Waals surface area contributed by atoms with Gasteiger partial charge in [0.05, 0.1) is 5.92 Å². The molecule has 4 aliphatic rings. The van der Waals surface area contributed by atoms with Crippen LogP contribution in [0.3, 0.4) is 0 Å². The fraction of sp³-hybridized carbons (Fsp3) is 0.889. The zero-order chi connectivity index (χ0) is 16.7. The summed E-state index contributed by atoms with van der Waals surface area (Å²) in [5.41, 5.74) is -0.496. The molecule has 0 amide bonds. The van der Waals surface area contributed by atoms with E-state index in [2.05, 4.69) is 0 Å². The average Bonchev–Trinajstić information content (AvgIpc) is 2.50. The van der Waals surface area contributed by atoms with E-state index in [1.165, 1.54) is 6.42 Å². The fourth-order valence-corrected chi connectivity index (χ4v) is 5.38. The Kier molecular flexibility index (Phi) is 4.43. The molecule has 1 N–H and O–H groups in total. The van der Waals surface area contributed by atoms with Gasteiger partial charge in [-0.25, -0.2) is 4.79 Å². The van der Waals surface area contributed by atoms with E-state index in [0.29, 0.717) is 18.3 Å². The van der Waals surface area contributed by atoms with Crippen LogP contribution in [0.15, 0.2) is 0 Å². The second-order valence-electron chi connectivity index (χ2n) is 8.19. The third-order valence-electron chi connectivity index (χ3n) is 6.14. The lowest BCUT2D eigenvalue weighted by Gasteiger charge is -2.60. The molecule has 0 saturated heterocycles. The van der Waals surface area contributed by atoms with Gasteiger partial charge in [0.25, 0.3) is 0 Å². The summed E-state index contributed by atoms with van der Waals surface area (Å²) in [4.78, 5) is 23.9. The fourth-order valence-electron chi connectivity index (χ4n) is 5.38. The van der Waals surface area contributed by atoms with Gasteiger partial charge in [-0.2, -0.15) is 0 Å². The summed E-state index contributed by atoms with van der Waals surface area (Å²) in [7, 11) is 0. The average molecular weight is 324 g/mol. The Morgan fingerprint density at radius 1 is 1.22 bits per heavy atom. The zero-order valence-corrected chi connectivity index (χ0v) is 14.2. The maximum absolute atomic E-state index is 12.2. The van der Waals surface area contributed by atoms with Crippen molar-refractivity contribution >= 4 is 11.9 Å². The predicted octanol–water partition coefficient (Wildman–Crippen LogP) is 2.45. The van der Waals surface area contributed by atoms with Crippen molar-refractivity contribution in [3.63, 3.8) is 0 Å². The van der Waals surface area contributed by atoms with Crippen LogP contribution in [0.25, 0.3) is 0 Å². The third kappa shape index (κ3) is 3.25. The summed E-state index contributed by atoms with van der Waals surface area (Å²) in [6.07, 6.45) is 6.57. The van der Waals surface area contributed by atoms with E-state index in [0.717, 1.165) is 32.1 Å². The van der Waals surface area contributed by atoms with Crippen LogP contribution in [-0.4, -0.2) is 35.9 Å².